The van der Waals surface area contributed by atoms with Gasteiger partial charge in [-0.15, -0.1) is 0 Å². The van der Waals surface area contributed by atoms with Crippen molar-refractivity contribution in [2.24, 2.45) is 10.8 Å². The van der Waals surface area contributed by atoms with Crippen molar-refractivity contribution in [2.75, 3.05) is 0 Å². The molecule has 3 nitrogen and oxygen atoms in total. The van der Waals surface area contributed by atoms with Crippen LogP contribution in [0.3, 0.4) is 0 Å². The highest BCUT2D eigenvalue weighted by Gasteiger charge is 2.57. The average Bonchev–Trinajstić information content (AvgIpc) is 2.92. The van der Waals surface area contributed by atoms with E-state index in [0.717, 1.165) is 24.0 Å². The third kappa shape index (κ3) is 1.57. The van der Waals surface area contributed by atoms with Gasteiger partial charge < -0.3 is 9.52 Å². The predicted octanol–water partition coefficient (Wildman–Crippen LogP) is 3.06. The number of fused-ring (bicyclic) bond motifs is 1. The van der Waals surface area contributed by atoms with E-state index in [0.29, 0.717) is 0 Å². The summed E-state index contributed by atoms with van der Waals surface area (Å²) in [6, 6.07) is 1.83. The van der Waals surface area contributed by atoms with Crippen LogP contribution in [0, 0.1) is 10.8 Å². The molecule has 0 bridgehead atoms. The van der Waals surface area contributed by atoms with Crippen LogP contribution in [0.5, 0.6) is 0 Å². The number of hydrogen-bond donors (Lipinski definition) is 1. The fraction of sp³-hybridized carbons (Fsp3) is 0.562. The number of aliphatic hydroxyl groups excluding tert-OH is 1. The summed E-state index contributed by atoms with van der Waals surface area (Å²) in [5, 5.41) is 10.5. The van der Waals surface area contributed by atoms with Crippen LogP contribution in [0.4, 0.5) is 0 Å². The van der Waals surface area contributed by atoms with Crippen molar-refractivity contribution in [1.82, 2.24) is 0 Å². The maximum absolute atomic E-state index is 12.4. The molecule has 3 atom stereocenters. The van der Waals surface area contributed by atoms with Crippen LogP contribution in [0.2, 0.25) is 0 Å². The molecule has 3 rings (SSSR count). The Kier molecular flexibility index (Phi) is 2.55. The molecular weight excluding hydrogens is 240 g/mol. The second kappa shape index (κ2) is 3.83. The van der Waals surface area contributed by atoms with E-state index in [4.69, 9.17) is 4.42 Å². The SMILES string of the molecule is CC1(C)CC[C@@H](O)[C@]2(C)C1=CC(=O)[C@H]2c1ccoc1. The maximum Gasteiger partial charge on any atom is 0.164 e. The normalized spacial score (nSPS) is 37.1. The highest BCUT2D eigenvalue weighted by molar-refractivity contribution is 6.00. The van der Waals surface area contributed by atoms with E-state index in [2.05, 4.69) is 13.8 Å². The zero-order valence-corrected chi connectivity index (χ0v) is 11.6. The summed E-state index contributed by atoms with van der Waals surface area (Å²) in [6.45, 7) is 6.34. The molecule has 1 aromatic rings. The summed E-state index contributed by atoms with van der Waals surface area (Å²) in [5.41, 5.74) is 1.44. The van der Waals surface area contributed by atoms with E-state index in [1.165, 1.54) is 0 Å². The van der Waals surface area contributed by atoms with E-state index in [9.17, 15) is 9.90 Å². The molecule has 0 amide bonds. The summed E-state index contributed by atoms with van der Waals surface area (Å²) < 4.78 is 5.13. The number of aliphatic hydroxyl groups is 1. The van der Waals surface area contributed by atoms with Crippen molar-refractivity contribution in [3.63, 3.8) is 0 Å². The lowest BCUT2D eigenvalue weighted by Crippen LogP contribution is -2.46. The molecule has 1 aromatic heterocycles. The lowest BCUT2D eigenvalue weighted by molar-refractivity contribution is -0.119. The number of carbonyl (C=O) groups excluding carboxylic acids is 1. The predicted molar refractivity (Wildman–Crippen MR) is 71.7 cm³/mol. The number of carbonyl (C=O) groups is 1. The van der Waals surface area contributed by atoms with Gasteiger partial charge in [0.15, 0.2) is 5.78 Å². The molecule has 2 aliphatic carbocycles. The van der Waals surface area contributed by atoms with Crippen LogP contribution in [0.1, 0.15) is 45.1 Å². The van der Waals surface area contributed by atoms with Gasteiger partial charge in [-0.25, -0.2) is 0 Å². The van der Waals surface area contributed by atoms with Crippen molar-refractivity contribution in [3.8, 4) is 0 Å². The number of rotatable bonds is 1. The molecule has 0 unspecified atom stereocenters. The van der Waals surface area contributed by atoms with Crippen LogP contribution in [-0.2, 0) is 4.79 Å². The topological polar surface area (TPSA) is 50.4 Å². The van der Waals surface area contributed by atoms with E-state index >= 15 is 0 Å². The minimum absolute atomic E-state index is 0.0257. The zero-order valence-electron chi connectivity index (χ0n) is 11.6. The van der Waals surface area contributed by atoms with Crippen LogP contribution < -0.4 is 0 Å². The Balaban J connectivity index is 2.14. The molecule has 0 spiro atoms. The molecule has 1 fully saturated rings. The van der Waals surface area contributed by atoms with Crippen molar-refractivity contribution < 1.29 is 14.3 Å². The number of ketones is 1. The Morgan fingerprint density at radius 2 is 2.11 bits per heavy atom. The first-order chi connectivity index (χ1) is 8.87. The molecule has 102 valence electrons. The first-order valence-corrected chi connectivity index (χ1v) is 6.84. The van der Waals surface area contributed by atoms with E-state index < -0.39 is 11.5 Å². The average molecular weight is 260 g/mol. The summed E-state index contributed by atoms with van der Waals surface area (Å²) in [7, 11) is 0. The van der Waals surface area contributed by atoms with Gasteiger partial charge >= 0.3 is 0 Å². The van der Waals surface area contributed by atoms with Crippen LogP contribution >= 0.6 is 0 Å². The van der Waals surface area contributed by atoms with Gasteiger partial charge in [-0.2, -0.15) is 0 Å². The molecule has 0 saturated heterocycles. The largest absolute Gasteiger partial charge is 0.472 e. The Morgan fingerprint density at radius 3 is 2.74 bits per heavy atom. The third-order valence-electron chi connectivity index (χ3n) is 5.09. The molecule has 1 heterocycles. The highest BCUT2D eigenvalue weighted by Crippen LogP contribution is 2.60. The van der Waals surface area contributed by atoms with Crippen LogP contribution in [0.25, 0.3) is 0 Å². The standard InChI is InChI=1S/C16H20O3/c1-15(2)6-4-13(18)16(3)12(15)8-11(17)14(16)10-5-7-19-9-10/h5,7-9,13-14,18H,4,6H2,1-3H3/t13-,14-,16+/m1/s1. The Labute approximate surface area is 113 Å². The summed E-state index contributed by atoms with van der Waals surface area (Å²) >= 11 is 0. The van der Waals surface area contributed by atoms with Crippen molar-refractivity contribution in [3.05, 3.63) is 35.8 Å². The zero-order chi connectivity index (χ0) is 13.8. The Morgan fingerprint density at radius 1 is 1.37 bits per heavy atom. The fourth-order valence-corrected chi connectivity index (χ4v) is 4.01. The minimum Gasteiger partial charge on any atom is -0.472 e. The summed E-state index contributed by atoms with van der Waals surface area (Å²) in [4.78, 5) is 12.4. The second-order valence-corrected chi connectivity index (χ2v) is 6.67. The Hall–Kier alpha value is -1.35. The van der Waals surface area contributed by atoms with Gasteiger partial charge in [-0.1, -0.05) is 26.3 Å². The van der Waals surface area contributed by atoms with Crippen LogP contribution in [0.15, 0.2) is 34.7 Å². The van der Waals surface area contributed by atoms with Gasteiger partial charge in [0.1, 0.15) is 0 Å². The van der Waals surface area contributed by atoms with Gasteiger partial charge in [0.25, 0.3) is 0 Å². The third-order valence-corrected chi connectivity index (χ3v) is 5.09. The summed E-state index contributed by atoms with van der Waals surface area (Å²) in [6.07, 6.45) is 6.16. The first-order valence-electron chi connectivity index (χ1n) is 6.84. The van der Waals surface area contributed by atoms with E-state index in [1.54, 1.807) is 18.6 Å². The lowest BCUT2D eigenvalue weighted by Gasteiger charge is -2.48. The van der Waals surface area contributed by atoms with Gasteiger partial charge in [-0.3, -0.25) is 4.79 Å². The lowest BCUT2D eigenvalue weighted by atomic mass is 9.56. The Bertz CT molecular complexity index is 538. The number of furan rings is 1. The van der Waals surface area contributed by atoms with E-state index in [1.807, 2.05) is 13.0 Å². The molecular formula is C16H20O3. The molecule has 1 saturated carbocycles. The number of hydrogen-bond acceptors (Lipinski definition) is 3. The second-order valence-electron chi connectivity index (χ2n) is 6.67. The van der Waals surface area contributed by atoms with Gasteiger partial charge in [-0.05, 0) is 30.4 Å². The van der Waals surface area contributed by atoms with Gasteiger partial charge in [0.05, 0.1) is 24.5 Å². The molecule has 2 aliphatic rings. The fourth-order valence-electron chi connectivity index (χ4n) is 4.01. The first kappa shape index (κ1) is 12.7. The quantitative estimate of drug-likeness (QED) is 0.844. The van der Waals surface area contributed by atoms with Crippen LogP contribution in [-0.4, -0.2) is 17.0 Å². The van der Waals surface area contributed by atoms with Crippen molar-refractivity contribution in [1.29, 1.82) is 0 Å². The van der Waals surface area contributed by atoms with E-state index in [-0.39, 0.29) is 17.1 Å². The molecule has 0 aromatic carbocycles. The maximum atomic E-state index is 12.4. The summed E-state index contributed by atoms with van der Waals surface area (Å²) in [5.74, 6) is -0.219. The molecule has 3 heteroatoms. The van der Waals surface area contributed by atoms with Gasteiger partial charge in [0.2, 0.25) is 0 Å². The molecule has 19 heavy (non-hydrogen) atoms. The molecule has 0 radical (unpaired) electrons. The monoisotopic (exact) mass is 260 g/mol. The molecule has 0 aliphatic heterocycles. The number of allylic oxidation sites excluding steroid dienone is 1. The smallest absolute Gasteiger partial charge is 0.164 e. The van der Waals surface area contributed by atoms with Crippen molar-refractivity contribution >= 4 is 5.78 Å². The molecule has 1 N–H and O–H groups in total. The highest BCUT2D eigenvalue weighted by atomic mass is 16.3. The minimum atomic E-state index is -0.497. The van der Waals surface area contributed by atoms with Gasteiger partial charge in [0, 0.05) is 11.0 Å². The van der Waals surface area contributed by atoms with Crippen molar-refractivity contribution in [2.45, 2.75) is 45.6 Å².